The maximum Gasteiger partial charge on any atom is 0.270 e. The first-order chi connectivity index (χ1) is 10.5. The van der Waals surface area contributed by atoms with Crippen LogP contribution >= 0.6 is 0 Å². The van der Waals surface area contributed by atoms with Crippen molar-refractivity contribution in [3.63, 3.8) is 0 Å². The number of carbonyl (C=O) groups excluding carboxylic acids is 1. The number of amides is 1. The molecule has 0 saturated carbocycles. The van der Waals surface area contributed by atoms with E-state index in [0.29, 0.717) is 17.8 Å². The smallest absolute Gasteiger partial charge is 0.270 e. The lowest BCUT2D eigenvalue weighted by molar-refractivity contribution is 0.0590. The molecule has 118 valence electrons. The van der Waals surface area contributed by atoms with Crippen LogP contribution in [0, 0.1) is 11.7 Å². The van der Waals surface area contributed by atoms with E-state index in [2.05, 4.69) is 4.98 Å². The molecule has 0 aliphatic rings. The van der Waals surface area contributed by atoms with Crippen LogP contribution in [-0.2, 0) is 0 Å². The molecule has 1 aromatic carbocycles. The Morgan fingerprint density at radius 2 is 1.91 bits per heavy atom. The monoisotopic (exact) mass is 304 g/mol. The number of halogens is 1. The van der Waals surface area contributed by atoms with Gasteiger partial charge in [0.05, 0.1) is 12.6 Å². The molecule has 0 unspecified atom stereocenters. The van der Waals surface area contributed by atoms with Gasteiger partial charge in [-0.3, -0.25) is 4.79 Å². The average Bonchev–Trinajstić information content (AvgIpc) is 3.00. The van der Waals surface area contributed by atoms with Gasteiger partial charge in [0.15, 0.2) is 0 Å². The molecule has 22 heavy (non-hydrogen) atoms. The number of carbonyl (C=O) groups is 1. The highest BCUT2D eigenvalue weighted by atomic mass is 19.1. The van der Waals surface area contributed by atoms with Gasteiger partial charge in [0, 0.05) is 12.7 Å². The van der Waals surface area contributed by atoms with E-state index in [1.165, 1.54) is 24.3 Å². The van der Waals surface area contributed by atoms with E-state index in [9.17, 15) is 14.3 Å². The quantitative estimate of drug-likeness (QED) is 0.862. The minimum Gasteiger partial charge on any atom is -0.387 e. The minimum atomic E-state index is -0.849. The second-order valence-electron chi connectivity index (χ2n) is 5.76. The molecule has 2 N–H and O–H groups in total. The number of aliphatic hydroxyl groups excluding tert-OH is 1. The summed E-state index contributed by atoms with van der Waals surface area (Å²) in [5.41, 5.74) is 1.08. The standard InChI is InChI=1S/C17H21FN2O2/c1-12(2)10-20(17(22)15-4-3-9-19-15)11-16(21)13-5-7-14(18)8-6-13/h3-9,12,16,19,21H,10-11H2,1-2H3/t16-/m1/s1. The Morgan fingerprint density at radius 3 is 2.45 bits per heavy atom. The van der Waals surface area contributed by atoms with Crippen LogP contribution in [0.5, 0.6) is 0 Å². The van der Waals surface area contributed by atoms with Crippen LogP contribution in [0.3, 0.4) is 0 Å². The zero-order chi connectivity index (χ0) is 16.1. The van der Waals surface area contributed by atoms with E-state index in [1.807, 2.05) is 13.8 Å². The van der Waals surface area contributed by atoms with Crippen molar-refractivity contribution in [1.29, 1.82) is 0 Å². The summed E-state index contributed by atoms with van der Waals surface area (Å²) in [5.74, 6) is -0.225. The molecule has 0 fully saturated rings. The van der Waals surface area contributed by atoms with Gasteiger partial charge in [-0.25, -0.2) is 4.39 Å². The molecular weight excluding hydrogens is 283 g/mol. The SMILES string of the molecule is CC(C)CN(C[C@@H](O)c1ccc(F)cc1)C(=O)c1ccc[nH]1. The normalized spacial score (nSPS) is 12.4. The minimum absolute atomic E-state index is 0.153. The molecule has 1 atom stereocenters. The third kappa shape index (κ3) is 4.18. The summed E-state index contributed by atoms with van der Waals surface area (Å²) in [6.45, 7) is 4.73. The fraction of sp³-hybridized carbons (Fsp3) is 0.353. The predicted molar refractivity (Wildman–Crippen MR) is 82.9 cm³/mol. The molecule has 0 bridgehead atoms. The summed E-state index contributed by atoms with van der Waals surface area (Å²) < 4.78 is 12.9. The summed E-state index contributed by atoms with van der Waals surface area (Å²) in [4.78, 5) is 17.0. The van der Waals surface area contributed by atoms with Gasteiger partial charge < -0.3 is 15.0 Å². The van der Waals surface area contributed by atoms with E-state index in [1.54, 1.807) is 23.2 Å². The Labute approximate surface area is 129 Å². The molecule has 1 heterocycles. The Kier molecular flexibility index (Phi) is 5.33. The number of nitrogens with zero attached hydrogens (tertiary/aromatic N) is 1. The topological polar surface area (TPSA) is 56.3 Å². The van der Waals surface area contributed by atoms with E-state index in [-0.39, 0.29) is 24.2 Å². The van der Waals surface area contributed by atoms with Crippen LogP contribution in [0.4, 0.5) is 4.39 Å². The van der Waals surface area contributed by atoms with Crippen molar-refractivity contribution < 1.29 is 14.3 Å². The van der Waals surface area contributed by atoms with E-state index < -0.39 is 6.10 Å². The zero-order valence-corrected chi connectivity index (χ0v) is 12.8. The highest BCUT2D eigenvalue weighted by molar-refractivity contribution is 5.92. The van der Waals surface area contributed by atoms with Crippen LogP contribution in [0.15, 0.2) is 42.6 Å². The van der Waals surface area contributed by atoms with E-state index in [4.69, 9.17) is 0 Å². The van der Waals surface area contributed by atoms with Crippen LogP contribution < -0.4 is 0 Å². The molecule has 4 nitrogen and oxygen atoms in total. The van der Waals surface area contributed by atoms with Crippen molar-refractivity contribution in [2.75, 3.05) is 13.1 Å². The number of rotatable bonds is 6. The van der Waals surface area contributed by atoms with Gasteiger partial charge in [0.25, 0.3) is 5.91 Å². The van der Waals surface area contributed by atoms with Crippen LogP contribution in [-0.4, -0.2) is 34.0 Å². The summed E-state index contributed by atoms with van der Waals surface area (Å²) in [7, 11) is 0. The second-order valence-corrected chi connectivity index (χ2v) is 5.76. The number of hydrogen-bond acceptors (Lipinski definition) is 2. The number of nitrogens with one attached hydrogen (secondary N) is 1. The van der Waals surface area contributed by atoms with Crippen LogP contribution in [0.1, 0.15) is 36.0 Å². The first kappa shape index (κ1) is 16.2. The summed E-state index contributed by atoms with van der Waals surface area (Å²) >= 11 is 0. The van der Waals surface area contributed by atoms with Gasteiger partial charge in [0.1, 0.15) is 11.5 Å². The van der Waals surface area contributed by atoms with Gasteiger partial charge in [-0.15, -0.1) is 0 Å². The lowest BCUT2D eigenvalue weighted by atomic mass is 10.1. The molecule has 0 aliphatic carbocycles. The number of H-pyrrole nitrogens is 1. The van der Waals surface area contributed by atoms with Crippen molar-refractivity contribution in [1.82, 2.24) is 9.88 Å². The maximum atomic E-state index is 12.9. The third-order valence-electron chi connectivity index (χ3n) is 3.35. The van der Waals surface area contributed by atoms with Gasteiger partial charge >= 0.3 is 0 Å². The van der Waals surface area contributed by atoms with Crippen molar-refractivity contribution >= 4 is 5.91 Å². The van der Waals surface area contributed by atoms with Crippen molar-refractivity contribution in [2.45, 2.75) is 20.0 Å². The molecule has 0 saturated heterocycles. The largest absolute Gasteiger partial charge is 0.387 e. The van der Waals surface area contributed by atoms with Crippen molar-refractivity contribution in [3.8, 4) is 0 Å². The van der Waals surface area contributed by atoms with E-state index >= 15 is 0 Å². The summed E-state index contributed by atoms with van der Waals surface area (Å²) in [6, 6.07) is 9.15. The Bertz CT molecular complexity index is 594. The molecule has 0 aliphatic heterocycles. The number of aromatic nitrogens is 1. The van der Waals surface area contributed by atoms with Crippen molar-refractivity contribution in [3.05, 3.63) is 59.7 Å². The number of hydrogen-bond donors (Lipinski definition) is 2. The summed E-state index contributed by atoms with van der Waals surface area (Å²) in [6.07, 6.45) is 0.843. The van der Waals surface area contributed by atoms with Gasteiger partial charge in [0.2, 0.25) is 0 Å². The van der Waals surface area contributed by atoms with Crippen LogP contribution in [0.25, 0.3) is 0 Å². The summed E-state index contributed by atoms with van der Waals surface area (Å²) in [5, 5.41) is 10.3. The molecule has 0 radical (unpaired) electrons. The molecule has 0 spiro atoms. The fourth-order valence-electron chi connectivity index (χ4n) is 2.31. The zero-order valence-electron chi connectivity index (χ0n) is 12.8. The van der Waals surface area contributed by atoms with Gasteiger partial charge in [-0.1, -0.05) is 26.0 Å². The third-order valence-corrected chi connectivity index (χ3v) is 3.35. The molecule has 2 rings (SSSR count). The van der Waals surface area contributed by atoms with Crippen molar-refractivity contribution in [2.24, 2.45) is 5.92 Å². The lowest BCUT2D eigenvalue weighted by Crippen LogP contribution is -2.37. The van der Waals surface area contributed by atoms with E-state index in [0.717, 1.165) is 0 Å². The average molecular weight is 304 g/mol. The first-order valence-corrected chi connectivity index (χ1v) is 7.33. The first-order valence-electron chi connectivity index (χ1n) is 7.33. The van der Waals surface area contributed by atoms with Crippen LogP contribution in [0.2, 0.25) is 0 Å². The van der Waals surface area contributed by atoms with Gasteiger partial charge in [-0.05, 0) is 35.7 Å². The predicted octanol–water partition coefficient (Wildman–Crippen LogP) is 2.99. The van der Waals surface area contributed by atoms with Gasteiger partial charge in [-0.2, -0.15) is 0 Å². The Morgan fingerprint density at radius 1 is 1.23 bits per heavy atom. The number of aromatic amines is 1. The maximum absolute atomic E-state index is 12.9. The Balaban J connectivity index is 2.12. The highest BCUT2D eigenvalue weighted by Crippen LogP contribution is 2.17. The molecule has 1 aromatic heterocycles. The number of benzene rings is 1. The molecule has 5 heteroatoms. The highest BCUT2D eigenvalue weighted by Gasteiger charge is 2.21. The molecule has 1 amide bonds. The molecular formula is C17H21FN2O2. The molecule has 2 aromatic rings. The number of aliphatic hydroxyl groups is 1. The lowest BCUT2D eigenvalue weighted by Gasteiger charge is -2.26. The second kappa shape index (κ2) is 7.22. The fourth-order valence-corrected chi connectivity index (χ4v) is 2.31. The Hall–Kier alpha value is -2.14.